The van der Waals surface area contributed by atoms with Crippen molar-refractivity contribution >= 4 is 23.4 Å². The van der Waals surface area contributed by atoms with Crippen molar-refractivity contribution in [3.63, 3.8) is 0 Å². The van der Waals surface area contributed by atoms with Crippen LogP contribution >= 0.6 is 11.6 Å². The monoisotopic (exact) mass is 254 g/mol. The number of hydrogen-bond acceptors (Lipinski definition) is 3. The highest BCUT2D eigenvalue weighted by Gasteiger charge is 2.10. The number of carbonyl (C=O) groups is 2. The number of ketones is 1. The Hall–Kier alpha value is -1.35. The highest BCUT2D eigenvalue weighted by Crippen LogP contribution is 2.17. The molecule has 0 atom stereocenters. The molecule has 0 radical (unpaired) electrons. The molecule has 3 nitrogen and oxygen atoms in total. The molecule has 1 aromatic rings. The Balaban J connectivity index is 2.55. The van der Waals surface area contributed by atoms with E-state index in [1.165, 1.54) is 7.11 Å². The lowest BCUT2D eigenvalue weighted by molar-refractivity contribution is -0.140. The third-order valence-electron chi connectivity index (χ3n) is 2.50. The number of methoxy groups -OCH3 is 1. The van der Waals surface area contributed by atoms with Gasteiger partial charge in [-0.05, 0) is 37.1 Å². The number of carbonyl (C=O) groups excluding carboxylic acids is 2. The van der Waals surface area contributed by atoms with E-state index >= 15 is 0 Å². The van der Waals surface area contributed by atoms with Crippen LogP contribution in [-0.2, 0) is 9.53 Å². The lowest BCUT2D eigenvalue weighted by Gasteiger charge is -2.05. The first-order valence-corrected chi connectivity index (χ1v) is 5.78. The highest BCUT2D eigenvalue weighted by atomic mass is 35.5. The molecule has 0 bridgehead atoms. The van der Waals surface area contributed by atoms with Crippen LogP contribution in [0.25, 0.3) is 0 Å². The van der Waals surface area contributed by atoms with Crippen molar-refractivity contribution in [2.24, 2.45) is 0 Å². The first-order valence-electron chi connectivity index (χ1n) is 5.40. The molecule has 0 saturated heterocycles. The Morgan fingerprint density at radius 2 is 2.00 bits per heavy atom. The maximum atomic E-state index is 11.9. The minimum Gasteiger partial charge on any atom is -0.469 e. The van der Waals surface area contributed by atoms with E-state index in [-0.39, 0.29) is 18.2 Å². The van der Waals surface area contributed by atoms with Gasteiger partial charge >= 0.3 is 5.97 Å². The maximum absolute atomic E-state index is 11.9. The molecule has 4 heteroatoms. The standard InChI is InChI=1S/C13H15ClO3/c1-9-8-10(14)6-7-11(9)12(15)4-3-5-13(16)17-2/h6-8H,3-5H2,1-2H3. The second-order valence-corrected chi connectivity index (χ2v) is 4.25. The van der Waals surface area contributed by atoms with Gasteiger partial charge in [0, 0.05) is 23.4 Å². The van der Waals surface area contributed by atoms with Gasteiger partial charge in [-0.1, -0.05) is 11.6 Å². The zero-order valence-electron chi connectivity index (χ0n) is 9.96. The molecule has 1 aromatic carbocycles. The van der Waals surface area contributed by atoms with Crippen LogP contribution < -0.4 is 0 Å². The molecular formula is C13H15ClO3. The van der Waals surface area contributed by atoms with Gasteiger partial charge in [-0.15, -0.1) is 0 Å². The topological polar surface area (TPSA) is 43.4 Å². The largest absolute Gasteiger partial charge is 0.469 e. The molecule has 0 aliphatic rings. The zero-order valence-corrected chi connectivity index (χ0v) is 10.7. The quantitative estimate of drug-likeness (QED) is 0.599. The summed E-state index contributed by atoms with van der Waals surface area (Å²) >= 11 is 5.81. The molecule has 0 aliphatic heterocycles. The zero-order chi connectivity index (χ0) is 12.8. The van der Waals surface area contributed by atoms with E-state index in [0.29, 0.717) is 23.4 Å². The first kappa shape index (κ1) is 13.7. The highest BCUT2D eigenvalue weighted by molar-refractivity contribution is 6.30. The molecule has 17 heavy (non-hydrogen) atoms. The second-order valence-electron chi connectivity index (χ2n) is 3.81. The summed E-state index contributed by atoms with van der Waals surface area (Å²) in [5.74, 6) is -0.256. The number of Topliss-reactive ketones (excluding diaryl/α,β-unsaturated/α-hetero) is 1. The average Bonchev–Trinajstić information content (AvgIpc) is 2.28. The minimum absolute atomic E-state index is 0.0306. The van der Waals surface area contributed by atoms with Crippen LogP contribution in [-0.4, -0.2) is 18.9 Å². The number of esters is 1. The van der Waals surface area contributed by atoms with Gasteiger partial charge in [0.1, 0.15) is 0 Å². The summed E-state index contributed by atoms with van der Waals surface area (Å²) in [5, 5.41) is 0.619. The van der Waals surface area contributed by atoms with Crippen LogP contribution in [0.5, 0.6) is 0 Å². The van der Waals surface area contributed by atoms with Crippen molar-refractivity contribution in [1.29, 1.82) is 0 Å². The van der Waals surface area contributed by atoms with Crippen molar-refractivity contribution in [2.45, 2.75) is 26.2 Å². The first-order chi connectivity index (χ1) is 8.04. The normalized spacial score (nSPS) is 10.1. The van der Waals surface area contributed by atoms with E-state index in [9.17, 15) is 9.59 Å². The fourth-order valence-corrected chi connectivity index (χ4v) is 1.80. The summed E-state index contributed by atoms with van der Waals surface area (Å²) in [7, 11) is 1.34. The molecule has 1 rings (SSSR count). The molecule has 0 saturated carbocycles. The van der Waals surface area contributed by atoms with Crippen LogP contribution in [0.4, 0.5) is 0 Å². The summed E-state index contributed by atoms with van der Waals surface area (Å²) in [6.45, 7) is 1.85. The Labute approximate surface area is 106 Å². The summed E-state index contributed by atoms with van der Waals surface area (Å²) in [6.07, 6.45) is 1.13. The smallest absolute Gasteiger partial charge is 0.305 e. The van der Waals surface area contributed by atoms with Gasteiger partial charge in [0.05, 0.1) is 7.11 Å². The van der Waals surface area contributed by atoms with Gasteiger partial charge in [0.25, 0.3) is 0 Å². The van der Waals surface area contributed by atoms with Crippen molar-refractivity contribution in [3.05, 3.63) is 34.3 Å². The molecule has 0 aromatic heterocycles. The van der Waals surface area contributed by atoms with Gasteiger partial charge in [-0.25, -0.2) is 0 Å². The number of benzene rings is 1. The molecule has 0 amide bonds. The van der Waals surface area contributed by atoms with Gasteiger partial charge in [-0.3, -0.25) is 9.59 Å². The minimum atomic E-state index is -0.286. The van der Waals surface area contributed by atoms with Crippen molar-refractivity contribution in [3.8, 4) is 0 Å². The number of ether oxygens (including phenoxy) is 1. The van der Waals surface area contributed by atoms with Crippen LogP contribution in [0, 0.1) is 6.92 Å². The third kappa shape index (κ3) is 4.19. The van der Waals surface area contributed by atoms with E-state index in [2.05, 4.69) is 4.74 Å². The summed E-state index contributed by atoms with van der Waals surface area (Å²) < 4.78 is 4.51. The number of halogens is 1. The van der Waals surface area contributed by atoms with Crippen molar-refractivity contribution in [1.82, 2.24) is 0 Å². The Morgan fingerprint density at radius 3 is 2.59 bits per heavy atom. The van der Waals surface area contributed by atoms with Gasteiger partial charge < -0.3 is 4.74 Å². The second kappa shape index (κ2) is 6.40. The molecule has 0 fully saturated rings. The average molecular weight is 255 g/mol. The van der Waals surface area contributed by atoms with E-state index in [0.717, 1.165) is 5.56 Å². The fourth-order valence-electron chi connectivity index (χ4n) is 1.57. The molecule has 0 N–H and O–H groups in total. The molecule has 0 unspecified atom stereocenters. The molecule has 92 valence electrons. The molecule has 0 spiro atoms. The Kier molecular flexibility index (Phi) is 5.16. The summed E-state index contributed by atoms with van der Waals surface area (Å²) in [6, 6.07) is 5.18. The van der Waals surface area contributed by atoms with Crippen molar-refractivity contribution in [2.75, 3.05) is 7.11 Å². The number of aryl methyl sites for hydroxylation is 1. The van der Waals surface area contributed by atoms with E-state index in [4.69, 9.17) is 11.6 Å². The number of rotatable bonds is 5. The van der Waals surface area contributed by atoms with E-state index in [1.807, 2.05) is 6.92 Å². The van der Waals surface area contributed by atoms with E-state index in [1.54, 1.807) is 18.2 Å². The number of hydrogen-bond donors (Lipinski definition) is 0. The van der Waals surface area contributed by atoms with Gasteiger partial charge in [-0.2, -0.15) is 0 Å². The van der Waals surface area contributed by atoms with Crippen LogP contribution in [0.2, 0.25) is 5.02 Å². The SMILES string of the molecule is COC(=O)CCCC(=O)c1ccc(Cl)cc1C. The summed E-state index contributed by atoms with van der Waals surface area (Å²) in [5.41, 5.74) is 1.53. The van der Waals surface area contributed by atoms with Crippen LogP contribution in [0.3, 0.4) is 0 Å². The molecular weight excluding hydrogens is 240 g/mol. The van der Waals surface area contributed by atoms with Gasteiger partial charge in [0.2, 0.25) is 0 Å². The predicted molar refractivity (Wildman–Crippen MR) is 66.4 cm³/mol. The van der Waals surface area contributed by atoms with Crippen LogP contribution in [0.1, 0.15) is 35.2 Å². The molecule has 0 heterocycles. The Morgan fingerprint density at radius 1 is 1.29 bits per heavy atom. The van der Waals surface area contributed by atoms with E-state index < -0.39 is 0 Å². The maximum Gasteiger partial charge on any atom is 0.305 e. The lowest BCUT2D eigenvalue weighted by atomic mass is 10.0. The third-order valence-corrected chi connectivity index (χ3v) is 2.74. The molecule has 0 aliphatic carbocycles. The lowest BCUT2D eigenvalue weighted by Crippen LogP contribution is -2.05. The summed E-state index contributed by atoms with van der Waals surface area (Å²) in [4.78, 5) is 22.7. The fraction of sp³-hybridized carbons (Fsp3) is 0.385. The van der Waals surface area contributed by atoms with Crippen molar-refractivity contribution < 1.29 is 14.3 Å². The predicted octanol–water partition coefficient (Wildman–Crippen LogP) is 3.17. The van der Waals surface area contributed by atoms with Gasteiger partial charge in [0.15, 0.2) is 5.78 Å². The van der Waals surface area contributed by atoms with Crippen LogP contribution in [0.15, 0.2) is 18.2 Å². The Bertz CT molecular complexity index is 427.